The van der Waals surface area contributed by atoms with Crippen molar-refractivity contribution in [1.29, 1.82) is 0 Å². The first-order chi connectivity index (χ1) is 23.2. The van der Waals surface area contributed by atoms with Gasteiger partial charge in [0.25, 0.3) is 0 Å². The van der Waals surface area contributed by atoms with Crippen LogP contribution in [0.4, 0.5) is 74.6 Å². The average Bonchev–Trinajstić information content (AvgIpc) is 3.04. The second-order valence-electron chi connectivity index (χ2n) is 12.0. The van der Waals surface area contributed by atoms with Gasteiger partial charge in [-0.2, -0.15) is 74.6 Å². The number of ether oxygens (including phenoxy) is 2. The molecule has 0 radical (unpaired) electrons. The summed E-state index contributed by atoms with van der Waals surface area (Å²) in [7, 11) is -3.31. The Balaban J connectivity index is 1.80. The highest BCUT2D eigenvalue weighted by atomic mass is 31.2. The normalized spacial score (nSPS) is 19.2. The van der Waals surface area contributed by atoms with E-state index in [9.17, 15) is 79.2 Å². The third kappa shape index (κ3) is 9.39. The molecule has 0 spiro atoms. The van der Waals surface area contributed by atoms with Crippen LogP contribution in [0.2, 0.25) is 0 Å². The highest BCUT2D eigenvalue weighted by Gasteiger charge is 2.95. The van der Waals surface area contributed by atoms with E-state index < -0.39 is 74.6 Å². The SMILES string of the molecule is O=P(OCCCCCCCCCCCC(F)(F)C(F)(F)C(F)(F)C(F)(F)C(F)(F)C(F)(F)C(F)(F)C(F)(F)F)(N1CCOCC1)N1CCOCC1. The zero-order valence-corrected chi connectivity index (χ0v) is 27.7. The van der Waals surface area contributed by atoms with Gasteiger partial charge in [0, 0.05) is 32.6 Å². The summed E-state index contributed by atoms with van der Waals surface area (Å²) in [5, 5.41) is 0. The molecule has 304 valence electrons. The van der Waals surface area contributed by atoms with Gasteiger partial charge in [-0.25, -0.2) is 9.34 Å². The summed E-state index contributed by atoms with van der Waals surface area (Å²) < 4.78 is 261. The third-order valence-electron chi connectivity index (χ3n) is 8.37. The summed E-state index contributed by atoms with van der Waals surface area (Å²) in [6.45, 7) is 3.47. The summed E-state index contributed by atoms with van der Waals surface area (Å²) in [5.74, 6) is -56.0. The Hall–Kier alpha value is -1.16. The standard InChI is InChI=1S/C27H38F17N2O4P/c28-20(29,21(30,31)22(32,33)23(34,35)24(36,37)25(38,39)26(40,41)27(42,43)44)10-8-6-4-2-1-3-5-7-9-15-50-51(47,45-11-16-48-17-12-45)46-13-18-49-19-14-46/h1-19H2. The lowest BCUT2D eigenvalue weighted by Gasteiger charge is -2.42. The van der Waals surface area contributed by atoms with Crippen molar-refractivity contribution >= 4 is 7.67 Å². The highest BCUT2D eigenvalue weighted by Crippen LogP contribution is 2.64. The lowest BCUT2D eigenvalue weighted by molar-refractivity contribution is -0.461. The molecule has 0 atom stereocenters. The van der Waals surface area contributed by atoms with Gasteiger partial charge in [-0.05, 0) is 12.8 Å². The molecule has 0 saturated carbocycles. The Kier molecular flexibility index (Phi) is 15.4. The van der Waals surface area contributed by atoms with Gasteiger partial charge in [0.15, 0.2) is 0 Å². The van der Waals surface area contributed by atoms with Crippen molar-refractivity contribution in [2.45, 2.75) is 112 Å². The van der Waals surface area contributed by atoms with Crippen LogP contribution in [0.3, 0.4) is 0 Å². The summed E-state index contributed by atoms with van der Waals surface area (Å²) in [5.41, 5.74) is 0. The molecule has 51 heavy (non-hydrogen) atoms. The van der Waals surface area contributed by atoms with E-state index >= 15 is 0 Å². The van der Waals surface area contributed by atoms with Crippen LogP contribution < -0.4 is 0 Å². The van der Waals surface area contributed by atoms with E-state index in [1.807, 2.05) is 0 Å². The van der Waals surface area contributed by atoms with Gasteiger partial charge < -0.3 is 14.0 Å². The van der Waals surface area contributed by atoms with Gasteiger partial charge in [0.05, 0.1) is 33.0 Å². The largest absolute Gasteiger partial charge is 0.460 e. The Labute approximate surface area is 281 Å². The molecule has 0 N–H and O–H groups in total. The molecule has 2 aliphatic rings. The smallest absolute Gasteiger partial charge is 0.379 e. The summed E-state index contributed by atoms with van der Waals surface area (Å²) in [6.07, 6.45) is -8.55. The second-order valence-corrected chi connectivity index (χ2v) is 14.4. The fourth-order valence-corrected chi connectivity index (χ4v) is 7.57. The zero-order valence-electron chi connectivity index (χ0n) is 26.8. The molecule has 0 bridgehead atoms. The fraction of sp³-hybridized carbons (Fsp3) is 1.00. The van der Waals surface area contributed by atoms with E-state index in [-0.39, 0.29) is 19.4 Å². The molecule has 0 aromatic rings. The Bertz CT molecular complexity index is 1110. The van der Waals surface area contributed by atoms with Crippen molar-refractivity contribution in [3.8, 4) is 0 Å². The second kappa shape index (κ2) is 17.1. The molecule has 0 unspecified atom stereocenters. The number of alkyl halides is 17. The number of hydrogen-bond acceptors (Lipinski definition) is 4. The molecule has 2 saturated heterocycles. The number of nitrogens with zero attached hydrogens (tertiary/aromatic N) is 2. The van der Waals surface area contributed by atoms with E-state index in [1.54, 1.807) is 9.34 Å². The molecule has 0 amide bonds. The van der Waals surface area contributed by atoms with Gasteiger partial charge in [0.1, 0.15) is 0 Å². The Morgan fingerprint density at radius 3 is 1.14 bits per heavy atom. The van der Waals surface area contributed by atoms with Crippen LogP contribution in [0.25, 0.3) is 0 Å². The zero-order chi connectivity index (χ0) is 39.2. The molecule has 2 heterocycles. The lowest BCUT2D eigenvalue weighted by Crippen LogP contribution is -2.74. The van der Waals surface area contributed by atoms with Crippen LogP contribution in [0, 0.1) is 0 Å². The van der Waals surface area contributed by atoms with E-state index in [4.69, 9.17) is 14.0 Å². The Morgan fingerprint density at radius 2 is 0.765 bits per heavy atom. The molecule has 0 aliphatic carbocycles. The van der Waals surface area contributed by atoms with E-state index in [0.29, 0.717) is 84.7 Å². The third-order valence-corrected chi connectivity index (χ3v) is 11.1. The maximum atomic E-state index is 14.0. The van der Waals surface area contributed by atoms with Gasteiger partial charge in [-0.1, -0.05) is 44.9 Å². The molecular weight excluding hydrogens is 770 g/mol. The molecule has 0 aromatic carbocycles. The number of unbranched alkanes of at least 4 members (excludes halogenated alkanes) is 8. The van der Waals surface area contributed by atoms with Crippen molar-refractivity contribution < 1.29 is 93.2 Å². The number of hydrogen-bond donors (Lipinski definition) is 0. The maximum Gasteiger partial charge on any atom is 0.460 e. The first-order valence-electron chi connectivity index (χ1n) is 15.8. The average molecular weight is 809 g/mol. The van der Waals surface area contributed by atoms with Crippen LogP contribution in [0.15, 0.2) is 0 Å². The van der Waals surface area contributed by atoms with Gasteiger partial charge in [0.2, 0.25) is 0 Å². The van der Waals surface area contributed by atoms with E-state index in [1.165, 1.54) is 0 Å². The number of halogens is 17. The van der Waals surface area contributed by atoms with Gasteiger partial charge in [-0.3, -0.25) is 4.57 Å². The predicted molar refractivity (Wildman–Crippen MR) is 145 cm³/mol. The fourth-order valence-electron chi connectivity index (χ4n) is 5.18. The van der Waals surface area contributed by atoms with Crippen molar-refractivity contribution in [2.24, 2.45) is 0 Å². The minimum atomic E-state index is -8.61. The van der Waals surface area contributed by atoms with Crippen molar-refractivity contribution in [3.05, 3.63) is 0 Å². The number of rotatable bonds is 21. The van der Waals surface area contributed by atoms with Crippen molar-refractivity contribution in [3.63, 3.8) is 0 Å². The minimum Gasteiger partial charge on any atom is -0.379 e. The predicted octanol–water partition coefficient (Wildman–Crippen LogP) is 9.69. The molecule has 2 rings (SSSR count). The first kappa shape index (κ1) is 46.0. The van der Waals surface area contributed by atoms with Crippen LogP contribution in [0.1, 0.15) is 64.2 Å². The lowest BCUT2D eigenvalue weighted by atomic mass is 9.87. The molecule has 0 aromatic heterocycles. The maximum absolute atomic E-state index is 14.0. The topological polar surface area (TPSA) is 51.2 Å². The Morgan fingerprint density at radius 1 is 0.451 bits per heavy atom. The van der Waals surface area contributed by atoms with Crippen LogP contribution in [-0.4, -0.2) is 116 Å². The first-order valence-corrected chi connectivity index (χ1v) is 17.3. The molecule has 2 aliphatic heterocycles. The summed E-state index contributed by atoms with van der Waals surface area (Å²) >= 11 is 0. The molecule has 6 nitrogen and oxygen atoms in total. The molecule has 2 fully saturated rings. The molecular formula is C27H38F17N2O4P. The quantitative estimate of drug-likeness (QED) is 0.0655. The minimum absolute atomic E-state index is 0.0103. The van der Waals surface area contributed by atoms with Gasteiger partial charge in [-0.15, -0.1) is 0 Å². The summed E-state index contributed by atoms with van der Waals surface area (Å²) in [4.78, 5) is 0. The van der Waals surface area contributed by atoms with Crippen molar-refractivity contribution in [1.82, 2.24) is 9.34 Å². The van der Waals surface area contributed by atoms with Gasteiger partial charge >= 0.3 is 55.3 Å². The monoisotopic (exact) mass is 808 g/mol. The van der Waals surface area contributed by atoms with Crippen molar-refractivity contribution in [2.75, 3.05) is 59.2 Å². The highest BCUT2D eigenvalue weighted by molar-refractivity contribution is 7.54. The van der Waals surface area contributed by atoms with Crippen LogP contribution in [-0.2, 0) is 18.6 Å². The number of morpholine rings is 2. The molecule has 24 heteroatoms. The van der Waals surface area contributed by atoms with Crippen LogP contribution in [0.5, 0.6) is 0 Å². The van der Waals surface area contributed by atoms with Crippen LogP contribution >= 0.6 is 7.67 Å². The van der Waals surface area contributed by atoms with E-state index in [2.05, 4.69) is 0 Å². The van der Waals surface area contributed by atoms with E-state index in [0.717, 1.165) is 0 Å². The summed E-state index contributed by atoms with van der Waals surface area (Å²) in [6, 6.07) is 0.